The number of nitrogens with zero attached hydrogens (tertiary/aromatic N) is 3. The van der Waals surface area contributed by atoms with Gasteiger partial charge < -0.3 is 5.21 Å². The largest absolute Gasteiger partial charge is 0.410 e. The second-order valence-corrected chi connectivity index (χ2v) is 6.81. The van der Waals surface area contributed by atoms with Crippen molar-refractivity contribution >= 4 is 23.3 Å². The Bertz CT molecular complexity index is 750. The third-order valence-electron chi connectivity index (χ3n) is 4.23. The number of thioether (sulfide) groups is 1. The molecule has 2 rings (SSSR count). The molecular weight excluding hydrogens is 322 g/mol. The quantitative estimate of drug-likeness (QED) is 0.290. The van der Waals surface area contributed by atoms with Crippen LogP contribution in [0.25, 0.3) is 0 Å². The Morgan fingerprint density at radius 2 is 2.12 bits per heavy atom. The Balaban J connectivity index is 2.33. The topological polar surface area (TPSA) is 75.4 Å². The molecule has 1 aromatic rings. The van der Waals surface area contributed by atoms with Crippen molar-refractivity contribution in [2.24, 2.45) is 16.5 Å². The van der Waals surface area contributed by atoms with Crippen molar-refractivity contribution in [3.05, 3.63) is 53.9 Å². The normalized spacial score (nSPS) is 20.9. The van der Waals surface area contributed by atoms with Gasteiger partial charge in [0.2, 0.25) is 5.78 Å². The van der Waals surface area contributed by atoms with Crippen molar-refractivity contribution in [1.29, 1.82) is 0 Å². The van der Waals surface area contributed by atoms with Gasteiger partial charge in [0, 0.05) is 17.2 Å². The first kappa shape index (κ1) is 18.1. The molecule has 1 aromatic heterocycles. The molecule has 0 aliphatic heterocycles. The lowest BCUT2D eigenvalue weighted by molar-refractivity contribution is -0.109. The van der Waals surface area contributed by atoms with Crippen LogP contribution in [0, 0.1) is 11.3 Å². The summed E-state index contributed by atoms with van der Waals surface area (Å²) in [5.74, 6) is 0.0157. The van der Waals surface area contributed by atoms with Gasteiger partial charge in [-0.05, 0) is 18.2 Å². The summed E-state index contributed by atoms with van der Waals surface area (Å²) in [7, 11) is 0. The highest BCUT2D eigenvalue weighted by atomic mass is 32.2. The highest BCUT2D eigenvalue weighted by molar-refractivity contribution is 7.98. The average molecular weight is 343 g/mol. The Kier molecular flexibility index (Phi) is 5.72. The van der Waals surface area contributed by atoms with Crippen molar-refractivity contribution in [3.63, 3.8) is 0 Å². The van der Waals surface area contributed by atoms with Gasteiger partial charge in [-0.1, -0.05) is 68.1 Å². The minimum atomic E-state index is -0.378. The summed E-state index contributed by atoms with van der Waals surface area (Å²) in [6, 6.07) is 1.56. The number of hydrogen-bond donors (Lipinski definition) is 1. The van der Waals surface area contributed by atoms with Gasteiger partial charge in [0.15, 0.2) is 10.9 Å². The number of oxime groups is 1. The maximum absolute atomic E-state index is 12.8. The van der Waals surface area contributed by atoms with Crippen LogP contribution < -0.4 is 0 Å². The summed E-state index contributed by atoms with van der Waals surface area (Å²) in [6.07, 6.45) is 12.8. The number of Topliss-reactive ketones (excluding diaryl/α,β-unsaturated/α-hetero) is 1. The lowest BCUT2D eigenvalue weighted by Gasteiger charge is -2.26. The Morgan fingerprint density at radius 1 is 1.38 bits per heavy atom. The molecule has 0 bridgehead atoms. The number of rotatable bonds is 5. The summed E-state index contributed by atoms with van der Waals surface area (Å²) in [5, 5.41) is 13.0. The molecule has 126 valence electrons. The van der Waals surface area contributed by atoms with Gasteiger partial charge in [-0.2, -0.15) is 0 Å². The summed E-state index contributed by atoms with van der Waals surface area (Å²) < 4.78 is 0. The molecule has 5 nitrogen and oxygen atoms in total. The van der Waals surface area contributed by atoms with E-state index in [0.717, 1.165) is 0 Å². The van der Waals surface area contributed by atoms with Gasteiger partial charge >= 0.3 is 0 Å². The summed E-state index contributed by atoms with van der Waals surface area (Å²) in [5.41, 5.74) is 0.532. The van der Waals surface area contributed by atoms with E-state index in [1.54, 1.807) is 24.4 Å². The second kappa shape index (κ2) is 7.57. The smallest absolute Gasteiger partial charge is 0.216 e. The van der Waals surface area contributed by atoms with Gasteiger partial charge in [-0.15, -0.1) is 0 Å². The fraction of sp³-hybridized carbons (Fsp3) is 0.333. The van der Waals surface area contributed by atoms with Crippen molar-refractivity contribution in [2.75, 3.05) is 6.26 Å². The number of hydrogen-bond acceptors (Lipinski definition) is 6. The van der Waals surface area contributed by atoms with Crippen LogP contribution in [0.3, 0.4) is 0 Å². The van der Waals surface area contributed by atoms with Gasteiger partial charge in [0.05, 0.1) is 0 Å². The number of allylic oxidation sites excluding steroid dienone is 6. The van der Waals surface area contributed by atoms with Crippen LogP contribution in [0.2, 0.25) is 0 Å². The van der Waals surface area contributed by atoms with E-state index in [9.17, 15) is 10.0 Å². The fourth-order valence-electron chi connectivity index (χ4n) is 2.20. The van der Waals surface area contributed by atoms with Gasteiger partial charge in [-0.3, -0.25) is 4.79 Å². The van der Waals surface area contributed by atoms with Crippen LogP contribution in [-0.4, -0.2) is 32.9 Å². The van der Waals surface area contributed by atoms with Crippen LogP contribution in [0.1, 0.15) is 26.5 Å². The molecule has 24 heavy (non-hydrogen) atoms. The standard InChI is InChI=1S/C18H21N3O2S/c1-12(2)18(3)9-5-6-13(7-10-18)16(22)15(21-23)14-8-11-19-17(20-14)24-4/h5-12,23H,1-4H3/b21-15+. The van der Waals surface area contributed by atoms with Crippen LogP contribution in [0.15, 0.2) is 58.5 Å². The molecule has 1 heterocycles. The summed E-state index contributed by atoms with van der Waals surface area (Å²) in [6.45, 7) is 6.38. The second-order valence-electron chi connectivity index (χ2n) is 6.04. The molecule has 0 saturated heterocycles. The van der Waals surface area contributed by atoms with Crippen molar-refractivity contribution in [2.45, 2.75) is 25.9 Å². The number of carbonyl (C=O) groups is 1. The first-order chi connectivity index (χ1) is 11.4. The lowest BCUT2D eigenvalue weighted by Crippen LogP contribution is -2.20. The highest BCUT2D eigenvalue weighted by Crippen LogP contribution is 2.32. The minimum Gasteiger partial charge on any atom is -0.410 e. The predicted molar refractivity (Wildman–Crippen MR) is 96.5 cm³/mol. The van der Waals surface area contributed by atoms with Gasteiger partial charge in [0.25, 0.3) is 0 Å². The minimum absolute atomic E-state index is 0.0925. The Morgan fingerprint density at radius 3 is 2.75 bits per heavy atom. The first-order valence-corrected chi connectivity index (χ1v) is 8.86. The molecule has 1 N–H and O–H groups in total. The van der Waals surface area contributed by atoms with E-state index in [2.05, 4.69) is 42.0 Å². The van der Waals surface area contributed by atoms with Crippen LogP contribution in [-0.2, 0) is 4.79 Å². The molecule has 1 unspecified atom stereocenters. The molecule has 0 spiro atoms. The molecule has 1 atom stereocenters. The summed E-state index contributed by atoms with van der Waals surface area (Å²) in [4.78, 5) is 21.0. The molecule has 0 saturated carbocycles. The molecular formula is C18H21N3O2S. The van der Waals surface area contributed by atoms with Gasteiger partial charge in [0.1, 0.15) is 5.69 Å². The molecule has 0 fully saturated rings. The van der Waals surface area contributed by atoms with Crippen molar-refractivity contribution in [1.82, 2.24) is 9.97 Å². The maximum atomic E-state index is 12.8. The lowest BCUT2D eigenvalue weighted by atomic mass is 9.79. The van der Waals surface area contributed by atoms with E-state index in [0.29, 0.717) is 22.3 Å². The number of carbonyl (C=O) groups excluding carboxylic acids is 1. The Hall–Kier alpha value is -2.21. The van der Waals surface area contributed by atoms with Crippen LogP contribution in [0.5, 0.6) is 0 Å². The van der Waals surface area contributed by atoms with E-state index in [-0.39, 0.29) is 16.9 Å². The van der Waals surface area contributed by atoms with E-state index in [4.69, 9.17) is 0 Å². The molecule has 1 aliphatic rings. The zero-order valence-corrected chi connectivity index (χ0v) is 15.0. The maximum Gasteiger partial charge on any atom is 0.216 e. The van der Waals surface area contributed by atoms with Crippen molar-refractivity contribution < 1.29 is 10.0 Å². The van der Waals surface area contributed by atoms with Crippen LogP contribution in [0.4, 0.5) is 0 Å². The summed E-state index contributed by atoms with van der Waals surface area (Å²) >= 11 is 1.35. The molecule has 6 heteroatoms. The van der Waals surface area contributed by atoms with E-state index < -0.39 is 0 Å². The number of ketones is 1. The Labute approximate surface area is 146 Å². The highest BCUT2D eigenvalue weighted by Gasteiger charge is 2.25. The first-order valence-electron chi connectivity index (χ1n) is 7.64. The number of aromatic nitrogens is 2. The molecule has 0 amide bonds. The third-order valence-corrected chi connectivity index (χ3v) is 4.79. The molecule has 0 aromatic carbocycles. The average Bonchev–Trinajstić information content (AvgIpc) is 2.78. The fourth-order valence-corrected chi connectivity index (χ4v) is 2.55. The molecule has 1 aliphatic carbocycles. The van der Waals surface area contributed by atoms with E-state index in [1.807, 2.05) is 18.4 Å². The van der Waals surface area contributed by atoms with Crippen molar-refractivity contribution in [3.8, 4) is 0 Å². The predicted octanol–water partition coefficient (Wildman–Crippen LogP) is 3.66. The van der Waals surface area contributed by atoms with E-state index in [1.165, 1.54) is 11.8 Å². The zero-order chi connectivity index (χ0) is 17.7. The van der Waals surface area contributed by atoms with Gasteiger partial charge in [-0.25, -0.2) is 9.97 Å². The monoisotopic (exact) mass is 343 g/mol. The van der Waals surface area contributed by atoms with Crippen LogP contribution >= 0.6 is 11.8 Å². The molecule has 0 radical (unpaired) electrons. The SMILES string of the molecule is CSc1nccc(/C(=N\O)C(=O)C2=CC=CC(C)(C(C)C)C=C2)n1. The zero-order valence-electron chi connectivity index (χ0n) is 14.2. The third kappa shape index (κ3) is 3.82. The van der Waals surface area contributed by atoms with E-state index >= 15 is 0 Å².